The molecule has 0 unspecified atom stereocenters. The van der Waals surface area contributed by atoms with Crippen molar-refractivity contribution >= 4 is 8.24 Å². The van der Waals surface area contributed by atoms with Crippen molar-refractivity contribution in [1.29, 1.82) is 5.26 Å². The minimum atomic E-state index is -1.38. The van der Waals surface area contributed by atoms with E-state index in [0.29, 0.717) is 6.04 Å². The van der Waals surface area contributed by atoms with E-state index in [-0.39, 0.29) is 0 Å². The molecule has 0 rings (SSSR count). The van der Waals surface area contributed by atoms with Gasteiger partial charge in [-0.1, -0.05) is 19.6 Å². The maximum absolute atomic E-state index is 8.74. The zero-order valence-electron chi connectivity index (χ0n) is 7.47. The summed E-state index contributed by atoms with van der Waals surface area (Å²) < 4.78 is 1.92. The first-order chi connectivity index (χ1) is 4.39. The Morgan fingerprint density at radius 2 is 1.70 bits per heavy atom. The monoisotopic (exact) mass is 156 g/mol. The minimum absolute atomic E-state index is 0.358. The molecule has 0 aliphatic heterocycles. The molecule has 58 valence electrons. The van der Waals surface area contributed by atoms with Crippen LogP contribution in [0.5, 0.6) is 0 Å². The summed E-state index contributed by atoms with van der Waals surface area (Å²) in [4.78, 5) is 0. The van der Waals surface area contributed by atoms with Crippen LogP contribution in [0, 0.1) is 11.5 Å². The summed E-state index contributed by atoms with van der Waals surface area (Å²) in [5.41, 5.74) is 0. The van der Waals surface area contributed by atoms with E-state index in [2.05, 4.69) is 39.7 Å². The van der Waals surface area contributed by atoms with Gasteiger partial charge in [0.05, 0.1) is 0 Å². The fourth-order valence-corrected chi connectivity index (χ4v) is 2.89. The summed E-state index contributed by atoms with van der Waals surface area (Å²) in [7, 11) is -1.38. The molecule has 0 atom stereocenters. The van der Waals surface area contributed by atoms with Crippen LogP contribution in [-0.2, 0) is 0 Å². The third-order valence-corrected chi connectivity index (χ3v) is 3.41. The van der Waals surface area contributed by atoms with E-state index in [9.17, 15) is 0 Å². The number of rotatable bonds is 2. The first-order valence-corrected chi connectivity index (χ1v) is 7.03. The van der Waals surface area contributed by atoms with E-state index >= 15 is 0 Å². The van der Waals surface area contributed by atoms with Crippen LogP contribution < -0.4 is 0 Å². The van der Waals surface area contributed by atoms with Gasteiger partial charge in [-0.2, -0.15) is 5.26 Å². The van der Waals surface area contributed by atoms with Crippen LogP contribution in [0.4, 0.5) is 0 Å². The molecule has 2 nitrogen and oxygen atoms in total. The van der Waals surface area contributed by atoms with Gasteiger partial charge in [-0.05, 0) is 13.8 Å². The van der Waals surface area contributed by atoms with Gasteiger partial charge in [-0.25, -0.2) is 0 Å². The van der Waals surface area contributed by atoms with Crippen molar-refractivity contribution in [2.75, 3.05) is 0 Å². The predicted molar refractivity (Wildman–Crippen MR) is 45.9 cm³/mol. The number of nitrogens with zero attached hydrogens (tertiary/aromatic N) is 2. The van der Waals surface area contributed by atoms with E-state index in [1.807, 2.05) is 4.57 Å². The molecule has 0 saturated carbocycles. The second-order valence-corrected chi connectivity index (χ2v) is 8.56. The predicted octanol–water partition coefficient (Wildman–Crippen LogP) is 2.01. The van der Waals surface area contributed by atoms with Crippen molar-refractivity contribution < 1.29 is 0 Å². The lowest BCUT2D eigenvalue weighted by Gasteiger charge is -2.32. The molecule has 0 spiro atoms. The van der Waals surface area contributed by atoms with Crippen LogP contribution in [0.3, 0.4) is 0 Å². The highest BCUT2D eigenvalue weighted by Gasteiger charge is 2.24. The summed E-state index contributed by atoms with van der Waals surface area (Å²) >= 11 is 0. The summed E-state index contributed by atoms with van der Waals surface area (Å²) in [6.45, 7) is 10.6. The van der Waals surface area contributed by atoms with Gasteiger partial charge in [0.2, 0.25) is 0 Å². The van der Waals surface area contributed by atoms with Gasteiger partial charge < -0.3 is 4.57 Å². The van der Waals surface area contributed by atoms with Crippen molar-refractivity contribution in [1.82, 2.24) is 4.57 Å². The number of hydrogen-bond acceptors (Lipinski definition) is 2. The molecule has 0 saturated heterocycles. The molecule has 10 heavy (non-hydrogen) atoms. The van der Waals surface area contributed by atoms with Crippen LogP contribution in [-0.4, -0.2) is 18.8 Å². The molecule has 0 radical (unpaired) electrons. The van der Waals surface area contributed by atoms with Crippen molar-refractivity contribution in [2.45, 2.75) is 39.5 Å². The smallest absolute Gasteiger partial charge is 0.170 e. The molecule has 0 heterocycles. The lowest BCUT2D eigenvalue weighted by Crippen LogP contribution is -2.46. The SMILES string of the molecule is CC(C)N(C#N)[Si](C)(C)C. The lowest BCUT2D eigenvalue weighted by atomic mass is 10.4. The molecule has 0 aromatic heterocycles. The van der Waals surface area contributed by atoms with E-state index in [0.717, 1.165) is 0 Å². The topological polar surface area (TPSA) is 27.0 Å². The standard InChI is InChI=1S/C7H16N2Si/c1-7(2)9(6-8)10(3,4)5/h7H,1-5H3. The second kappa shape index (κ2) is 3.06. The van der Waals surface area contributed by atoms with Gasteiger partial charge in [0.1, 0.15) is 0 Å². The molecular formula is C7H16N2Si. The quantitative estimate of drug-likeness (QED) is 0.347. The maximum Gasteiger partial charge on any atom is 0.170 e. The first-order valence-electron chi connectivity index (χ1n) is 3.58. The maximum atomic E-state index is 8.74. The van der Waals surface area contributed by atoms with Crippen LogP contribution in [0.2, 0.25) is 19.6 Å². The Labute approximate surface area is 64.5 Å². The van der Waals surface area contributed by atoms with Crippen molar-refractivity contribution in [3.8, 4) is 6.19 Å². The summed E-state index contributed by atoms with van der Waals surface area (Å²) in [6, 6.07) is 0.358. The highest BCUT2D eigenvalue weighted by molar-refractivity contribution is 6.73. The lowest BCUT2D eigenvalue weighted by molar-refractivity contribution is 0.478. The van der Waals surface area contributed by atoms with Crippen LogP contribution in [0.25, 0.3) is 0 Å². The molecule has 0 fully saturated rings. The average molecular weight is 156 g/mol. The third-order valence-electron chi connectivity index (χ3n) is 1.35. The molecule has 0 aliphatic rings. The Kier molecular flexibility index (Phi) is 2.91. The number of hydrogen-bond donors (Lipinski definition) is 0. The molecule has 0 bridgehead atoms. The molecule has 0 aliphatic carbocycles. The summed E-state index contributed by atoms with van der Waals surface area (Å²) in [5, 5.41) is 8.74. The van der Waals surface area contributed by atoms with Gasteiger partial charge in [0.15, 0.2) is 14.4 Å². The van der Waals surface area contributed by atoms with Gasteiger partial charge in [0, 0.05) is 6.04 Å². The summed E-state index contributed by atoms with van der Waals surface area (Å²) in [6.07, 6.45) is 2.24. The van der Waals surface area contributed by atoms with Crippen molar-refractivity contribution in [3.05, 3.63) is 0 Å². The minimum Gasteiger partial charge on any atom is -0.335 e. The molecule has 0 aromatic carbocycles. The average Bonchev–Trinajstić information content (AvgIpc) is 1.60. The number of nitriles is 1. The van der Waals surface area contributed by atoms with Gasteiger partial charge in [-0.3, -0.25) is 0 Å². The van der Waals surface area contributed by atoms with E-state index in [4.69, 9.17) is 5.26 Å². The van der Waals surface area contributed by atoms with Crippen LogP contribution in [0.1, 0.15) is 13.8 Å². The van der Waals surface area contributed by atoms with Crippen molar-refractivity contribution in [2.24, 2.45) is 0 Å². The molecule has 0 N–H and O–H groups in total. The Bertz CT molecular complexity index is 141. The highest BCUT2D eigenvalue weighted by Crippen LogP contribution is 2.11. The van der Waals surface area contributed by atoms with Gasteiger partial charge >= 0.3 is 0 Å². The van der Waals surface area contributed by atoms with Gasteiger partial charge in [-0.15, -0.1) is 0 Å². The normalized spacial score (nSPS) is 11.3. The van der Waals surface area contributed by atoms with E-state index < -0.39 is 8.24 Å². The van der Waals surface area contributed by atoms with E-state index in [1.54, 1.807) is 0 Å². The Balaban J connectivity index is 4.26. The summed E-state index contributed by atoms with van der Waals surface area (Å²) in [5.74, 6) is 0. The van der Waals surface area contributed by atoms with Crippen LogP contribution in [0.15, 0.2) is 0 Å². The van der Waals surface area contributed by atoms with Gasteiger partial charge in [0.25, 0.3) is 0 Å². The first kappa shape index (κ1) is 9.51. The third kappa shape index (κ3) is 2.40. The Morgan fingerprint density at radius 3 is 1.70 bits per heavy atom. The second-order valence-electron chi connectivity index (χ2n) is 3.73. The molecule has 0 aromatic rings. The zero-order chi connectivity index (χ0) is 8.36. The van der Waals surface area contributed by atoms with Crippen molar-refractivity contribution in [3.63, 3.8) is 0 Å². The Morgan fingerprint density at radius 1 is 1.30 bits per heavy atom. The zero-order valence-corrected chi connectivity index (χ0v) is 8.47. The van der Waals surface area contributed by atoms with E-state index in [1.165, 1.54) is 0 Å². The fraction of sp³-hybridized carbons (Fsp3) is 0.857. The molecular weight excluding hydrogens is 140 g/mol. The largest absolute Gasteiger partial charge is 0.335 e. The molecule has 0 amide bonds. The fourth-order valence-electron chi connectivity index (χ4n) is 1.04. The Hall–Kier alpha value is -0.493. The van der Waals surface area contributed by atoms with Crippen LogP contribution >= 0.6 is 0 Å². The molecule has 3 heteroatoms. The highest BCUT2D eigenvalue weighted by atomic mass is 28.3.